The Morgan fingerprint density at radius 2 is 1.64 bits per heavy atom. The molecule has 5 nitrogen and oxygen atoms in total. The van der Waals surface area contributed by atoms with E-state index in [0.717, 1.165) is 5.56 Å². The van der Waals surface area contributed by atoms with Gasteiger partial charge in [-0.25, -0.2) is 0 Å². The van der Waals surface area contributed by atoms with E-state index in [0.29, 0.717) is 0 Å². The number of amides is 1. The third-order valence-electron chi connectivity index (χ3n) is 3.73. The molecular formula is C16H25ClN2O3. The monoisotopic (exact) mass is 328 g/mol. The van der Waals surface area contributed by atoms with E-state index in [4.69, 9.17) is 10.5 Å². The number of benzene rings is 1. The zero-order valence-corrected chi connectivity index (χ0v) is 14.2. The van der Waals surface area contributed by atoms with Crippen LogP contribution in [0.15, 0.2) is 30.3 Å². The predicted molar refractivity (Wildman–Crippen MR) is 88.6 cm³/mol. The molecule has 0 fully saturated rings. The maximum atomic E-state index is 12.2. The fraction of sp³-hybridized carbons (Fsp3) is 0.500. The van der Waals surface area contributed by atoms with Gasteiger partial charge in [0.05, 0.1) is 19.1 Å². The van der Waals surface area contributed by atoms with Gasteiger partial charge in [-0.3, -0.25) is 9.59 Å². The van der Waals surface area contributed by atoms with Gasteiger partial charge in [0, 0.05) is 12.0 Å². The highest BCUT2D eigenvalue weighted by molar-refractivity contribution is 5.85. The minimum Gasteiger partial charge on any atom is -0.469 e. The minimum atomic E-state index is -0.485. The van der Waals surface area contributed by atoms with E-state index >= 15 is 0 Å². The Kier molecular flexibility index (Phi) is 8.75. The van der Waals surface area contributed by atoms with Crippen molar-refractivity contribution < 1.29 is 14.3 Å². The van der Waals surface area contributed by atoms with Crippen LogP contribution in [0.3, 0.4) is 0 Å². The summed E-state index contributed by atoms with van der Waals surface area (Å²) in [6.07, 6.45) is 0. The molecule has 1 aromatic rings. The van der Waals surface area contributed by atoms with Crippen molar-refractivity contribution in [1.82, 2.24) is 5.32 Å². The van der Waals surface area contributed by atoms with Gasteiger partial charge in [0.25, 0.3) is 0 Å². The molecule has 22 heavy (non-hydrogen) atoms. The molecule has 0 aliphatic carbocycles. The number of halogens is 1. The van der Waals surface area contributed by atoms with Gasteiger partial charge in [-0.1, -0.05) is 37.3 Å². The lowest BCUT2D eigenvalue weighted by Crippen LogP contribution is -2.43. The highest BCUT2D eigenvalue weighted by atomic mass is 35.5. The Morgan fingerprint density at radius 3 is 2.09 bits per heavy atom. The van der Waals surface area contributed by atoms with Crippen LogP contribution in [0.1, 0.15) is 32.4 Å². The molecule has 0 bridgehead atoms. The van der Waals surface area contributed by atoms with Gasteiger partial charge in [0.15, 0.2) is 0 Å². The van der Waals surface area contributed by atoms with Crippen molar-refractivity contribution in [3.63, 3.8) is 0 Å². The number of hydrogen-bond donors (Lipinski definition) is 2. The molecule has 1 aromatic carbocycles. The molecule has 0 heterocycles. The van der Waals surface area contributed by atoms with E-state index in [1.165, 1.54) is 7.11 Å². The first kappa shape index (κ1) is 20.4. The Bertz CT molecular complexity index is 480. The SMILES string of the molecule is COC(=O)C(C)C(NC(=O)C(C)C(C)N)c1ccccc1.Cl. The smallest absolute Gasteiger partial charge is 0.310 e. The summed E-state index contributed by atoms with van der Waals surface area (Å²) in [5.74, 6) is -1.35. The molecule has 0 saturated carbocycles. The summed E-state index contributed by atoms with van der Waals surface area (Å²) in [4.78, 5) is 24.1. The largest absolute Gasteiger partial charge is 0.469 e. The lowest BCUT2D eigenvalue weighted by Gasteiger charge is -2.26. The van der Waals surface area contributed by atoms with E-state index in [2.05, 4.69) is 5.32 Å². The number of nitrogens with two attached hydrogens (primary N) is 1. The standard InChI is InChI=1S/C16H24N2O3.ClH/c1-10(12(3)17)15(19)18-14(11(2)16(20)21-4)13-8-6-5-7-9-13;/h5-12,14H,17H2,1-4H3,(H,18,19);1H. The van der Waals surface area contributed by atoms with E-state index in [9.17, 15) is 9.59 Å². The molecule has 124 valence electrons. The highest BCUT2D eigenvalue weighted by Crippen LogP contribution is 2.23. The summed E-state index contributed by atoms with van der Waals surface area (Å²) < 4.78 is 4.79. The highest BCUT2D eigenvalue weighted by Gasteiger charge is 2.29. The number of esters is 1. The number of methoxy groups -OCH3 is 1. The second kappa shape index (κ2) is 9.43. The molecule has 6 heteroatoms. The van der Waals surface area contributed by atoms with Crippen LogP contribution < -0.4 is 11.1 Å². The normalized spacial score (nSPS) is 15.7. The maximum absolute atomic E-state index is 12.2. The number of nitrogens with one attached hydrogen (secondary N) is 1. The lowest BCUT2D eigenvalue weighted by atomic mass is 9.93. The molecule has 0 aliphatic heterocycles. The van der Waals surface area contributed by atoms with Crippen molar-refractivity contribution in [2.45, 2.75) is 32.9 Å². The summed E-state index contributed by atoms with van der Waals surface area (Å²) in [5.41, 5.74) is 6.62. The van der Waals surface area contributed by atoms with Gasteiger partial charge in [0.2, 0.25) is 5.91 Å². The first-order valence-corrected chi connectivity index (χ1v) is 7.07. The molecular weight excluding hydrogens is 304 g/mol. The Hall–Kier alpha value is -1.59. The minimum absolute atomic E-state index is 0. The van der Waals surface area contributed by atoms with Gasteiger partial charge < -0.3 is 15.8 Å². The summed E-state index contributed by atoms with van der Waals surface area (Å²) in [7, 11) is 1.34. The van der Waals surface area contributed by atoms with Crippen LogP contribution in [0.5, 0.6) is 0 Å². The summed E-state index contributed by atoms with van der Waals surface area (Å²) in [6.45, 7) is 5.29. The second-order valence-corrected chi connectivity index (χ2v) is 5.36. The Morgan fingerprint density at radius 1 is 1.09 bits per heavy atom. The first-order chi connectivity index (χ1) is 9.88. The third-order valence-corrected chi connectivity index (χ3v) is 3.73. The van der Waals surface area contributed by atoms with Gasteiger partial charge in [-0.15, -0.1) is 12.4 Å². The molecule has 3 N–H and O–H groups in total. The van der Waals surface area contributed by atoms with Crippen LogP contribution in [0, 0.1) is 11.8 Å². The summed E-state index contributed by atoms with van der Waals surface area (Å²) in [5, 5.41) is 2.91. The van der Waals surface area contributed by atoms with Crippen molar-refractivity contribution in [1.29, 1.82) is 0 Å². The molecule has 0 saturated heterocycles. The van der Waals surface area contributed by atoms with E-state index in [1.54, 1.807) is 20.8 Å². The van der Waals surface area contributed by atoms with Crippen LogP contribution in [-0.2, 0) is 14.3 Å². The van der Waals surface area contributed by atoms with E-state index in [1.807, 2.05) is 30.3 Å². The average molecular weight is 329 g/mol. The molecule has 0 spiro atoms. The summed E-state index contributed by atoms with van der Waals surface area (Å²) >= 11 is 0. The topological polar surface area (TPSA) is 81.4 Å². The maximum Gasteiger partial charge on any atom is 0.310 e. The second-order valence-electron chi connectivity index (χ2n) is 5.36. The van der Waals surface area contributed by atoms with Crippen molar-refractivity contribution in [2.24, 2.45) is 17.6 Å². The van der Waals surface area contributed by atoms with Crippen LogP contribution >= 0.6 is 12.4 Å². The number of rotatable bonds is 6. The fourth-order valence-corrected chi connectivity index (χ4v) is 2.00. The molecule has 1 amide bonds. The molecule has 4 unspecified atom stereocenters. The van der Waals surface area contributed by atoms with Crippen molar-refractivity contribution >= 4 is 24.3 Å². The van der Waals surface area contributed by atoms with Gasteiger partial charge in [-0.05, 0) is 19.4 Å². The first-order valence-electron chi connectivity index (χ1n) is 7.07. The van der Waals surface area contributed by atoms with Crippen LogP contribution in [0.4, 0.5) is 0 Å². The number of carbonyl (C=O) groups is 2. The zero-order chi connectivity index (χ0) is 16.0. The third kappa shape index (κ3) is 5.31. The van der Waals surface area contributed by atoms with Crippen molar-refractivity contribution in [3.05, 3.63) is 35.9 Å². The van der Waals surface area contributed by atoms with Gasteiger partial charge >= 0.3 is 5.97 Å². The van der Waals surface area contributed by atoms with Crippen LogP contribution in [-0.4, -0.2) is 25.0 Å². The van der Waals surface area contributed by atoms with Crippen LogP contribution in [0.25, 0.3) is 0 Å². The van der Waals surface area contributed by atoms with Crippen molar-refractivity contribution in [3.8, 4) is 0 Å². The van der Waals surface area contributed by atoms with E-state index < -0.39 is 12.0 Å². The summed E-state index contributed by atoms with van der Waals surface area (Å²) in [6, 6.07) is 8.68. The zero-order valence-electron chi connectivity index (χ0n) is 13.4. The Labute approximate surface area is 138 Å². The quantitative estimate of drug-likeness (QED) is 0.783. The number of ether oxygens (including phenoxy) is 1. The van der Waals surface area contributed by atoms with Crippen LogP contribution in [0.2, 0.25) is 0 Å². The Balaban J connectivity index is 0.00000441. The van der Waals surface area contributed by atoms with E-state index in [-0.39, 0.29) is 36.2 Å². The molecule has 4 atom stereocenters. The number of carbonyl (C=O) groups excluding carboxylic acids is 2. The molecule has 0 aliphatic rings. The number of hydrogen-bond acceptors (Lipinski definition) is 4. The average Bonchev–Trinajstić information content (AvgIpc) is 2.50. The predicted octanol–water partition coefficient (Wildman–Crippen LogP) is 2.06. The van der Waals surface area contributed by atoms with Gasteiger partial charge in [0.1, 0.15) is 0 Å². The molecule has 0 radical (unpaired) electrons. The molecule has 0 aromatic heterocycles. The lowest BCUT2D eigenvalue weighted by molar-refractivity contribution is -0.146. The van der Waals surface area contributed by atoms with Gasteiger partial charge in [-0.2, -0.15) is 0 Å². The molecule has 1 rings (SSSR count). The van der Waals surface area contributed by atoms with Crippen molar-refractivity contribution in [2.75, 3.05) is 7.11 Å². The fourth-order valence-electron chi connectivity index (χ4n) is 2.00.